The van der Waals surface area contributed by atoms with Gasteiger partial charge in [0.1, 0.15) is 16.4 Å². The normalized spacial score (nSPS) is 11.5. The average molecular weight is 278 g/mol. The second-order valence-corrected chi connectivity index (χ2v) is 6.34. The molecular formula is C14H14O4S. The van der Waals surface area contributed by atoms with Crippen LogP contribution in [0.5, 0.6) is 11.5 Å². The molecule has 2 rings (SSSR count). The minimum absolute atomic E-state index is 0.0346. The van der Waals surface area contributed by atoms with Gasteiger partial charge in [-0.1, -0.05) is 6.07 Å². The Morgan fingerprint density at radius 1 is 0.895 bits per heavy atom. The Hall–Kier alpha value is -2.01. The number of hydrogen-bond acceptors (Lipinski definition) is 4. The van der Waals surface area contributed by atoms with Gasteiger partial charge >= 0.3 is 0 Å². The molecule has 0 aliphatic rings. The lowest BCUT2D eigenvalue weighted by Gasteiger charge is -2.09. The largest absolute Gasteiger partial charge is 0.508 e. The maximum atomic E-state index is 12.4. The molecule has 0 aliphatic heterocycles. The molecule has 2 aromatic rings. The van der Waals surface area contributed by atoms with Gasteiger partial charge in [0.15, 0.2) is 0 Å². The van der Waals surface area contributed by atoms with Gasteiger partial charge in [0, 0.05) is 0 Å². The molecule has 0 amide bonds. The number of aryl methyl sites for hydroxylation is 2. The zero-order valence-corrected chi connectivity index (χ0v) is 11.4. The van der Waals surface area contributed by atoms with Crippen LogP contribution in [0.1, 0.15) is 11.1 Å². The van der Waals surface area contributed by atoms with Crippen LogP contribution in [-0.4, -0.2) is 18.6 Å². The summed E-state index contributed by atoms with van der Waals surface area (Å²) in [5.74, 6) is -0.247. The van der Waals surface area contributed by atoms with E-state index in [1.807, 2.05) is 0 Å². The smallest absolute Gasteiger partial charge is 0.210 e. The Kier molecular flexibility index (Phi) is 3.24. The molecule has 100 valence electrons. The summed E-state index contributed by atoms with van der Waals surface area (Å²) in [5, 5.41) is 19.2. The topological polar surface area (TPSA) is 74.6 Å². The first-order valence-electron chi connectivity index (χ1n) is 5.66. The molecule has 2 N–H and O–H groups in total. The van der Waals surface area contributed by atoms with E-state index in [2.05, 4.69) is 0 Å². The highest BCUT2D eigenvalue weighted by molar-refractivity contribution is 7.91. The number of rotatable bonds is 2. The number of phenolic OH excluding ortho intramolecular Hbond substituents is 2. The van der Waals surface area contributed by atoms with E-state index in [-0.39, 0.29) is 21.3 Å². The van der Waals surface area contributed by atoms with Crippen LogP contribution in [0.25, 0.3) is 0 Å². The summed E-state index contributed by atoms with van der Waals surface area (Å²) in [6, 6.07) is 8.44. The lowest BCUT2D eigenvalue weighted by atomic mass is 10.2. The Morgan fingerprint density at radius 2 is 1.53 bits per heavy atom. The molecule has 0 unspecified atom stereocenters. The molecule has 5 heteroatoms. The first-order valence-corrected chi connectivity index (χ1v) is 7.15. The molecule has 4 nitrogen and oxygen atoms in total. The standard InChI is InChI=1S/C14H14O4S/c1-9-3-5-13(16)14(7-9)19(17,18)11-4-6-12(15)10(2)8-11/h3-8,15-16H,1-2H3. The summed E-state index contributed by atoms with van der Waals surface area (Å²) >= 11 is 0. The lowest BCUT2D eigenvalue weighted by molar-refractivity contribution is 0.458. The van der Waals surface area contributed by atoms with Crippen molar-refractivity contribution in [1.82, 2.24) is 0 Å². The summed E-state index contributed by atoms with van der Waals surface area (Å²) < 4.78 is 24.9. The van der Waals surface area contributed by atoms with Gasteiger partial charge in [0.2, 0.25) is 9.84 Å². The van der Waals surface area contributed by atoms with Crippen molar-refractivity contribution in [2.45, 2.75) is 23.6 Å². The minimum atomic E-state index is -3.79. The van der Waals surface area contributed by atoms with Crippen molar-refractivity contribution in [1.29, 1.82) is 0 Å². The summed E-state index contributed by atoms with van der Waals surface area (Å²) in [7, 11) is -3.79. The summed E-state index contributed by atoms with van der Waals surface area (Å²) in [6.07, 6.45) is 0. The van der Waals surface area contributed by atoms with Crippen molar-refractivity contribution in [2.24, 2.45) is 0 Å². The van der Waals surface area contributed by atoms with E-state index in [1.165, 1.54) is 30.3 Å². The van der Waals surface area contributed by atoms with Gasteiger partial charge in [0.25, 0.3) is 0 Å². The zero-order valence-electron chi connectivity index (χ0n) is 10.6. The van der Waals surface area contributed by atoms with Crippen LogP contribution in [0.4, 0.5) is 0 Å². The molecule has 19 heavy (non-hydrogen) atoms. The highest BCUT2D eigenvalue weighted by Gasteiger charge is 2.22. The number of sulfone groups is 1. The summed E-state index contributed by atoms with van der Waals surface area (Å²) in [6.45, 7) is 3.37. The van der Waals surface area contributed by atoms with Gasteiger partial charge in [0.05, 0.1) is 4.90 Å². The van der Waals surface area contributed by atoms with Crippen LogP contribution in [0.3, 0.4) is 0 Å². The summed E-state index contributed by atoms with van der Waals surface area (Å²) in [5.41, 5.74) is 1.21. The van der Waals surface area contributed by atoms with E-state index < -0.39 is 9.84 Å². The molecular weight excluding hydrogens is 264 g/mol. The van der Waals surface area contributed by atoms with E-state index in [4.69, 9.17) is 0 Å². The molecule has 0 bridgehead atoms. The quantitative estimate of drug-likeness (QED) is 0.885. The van der Waals surface area contributed by atoms with E-state index in [0.717, 1.165) is 5.56 Å². The minimum Gasteiger partial charge on any atom is -0.508 e. The van der Waals surface area contributed by atoms with E-state index in [0.29, 0.717) is 5.56 Å². The summed E-state index contributed by atoms with van der Waals surface area (Å²) in [4.78, 5) is -0.0821. The van der Waals surface area contributed by atoms with Crippen molar-refractivity contribution in [3.63, 3.8) is 0 Å². The second kappa shape index (κ2) is 4.59. The molecule has 0 saturated carbocycles. The van der Waals surface area contributed by atoms with Crippen molar-refractivity contribution >= 4 is 9.84 Å². The molecule has 0 aromatic heterocycles. The third kappa shape index (κ3) is 2.42. The lowest BCUT2D eigenvalue weighted by Crippen LogP contribution is -2.03. The number of hydrogen-bond donors (Lipinski definition) is 2. The molecule has 0 spiro atoms. The van der Waals surface area contributed by atoms with E-state index in [9.17, 15) is 18.6 Å². The van der Waals surface area contributed by atoms with E-state index >= 15 is 0 Å². The predicted molar refractivity (Wildman–Crippen MR) is 71.1 cm³/mol. The molecule has 0 heterocycles. The first-order chi connectivity index (χ1) is 8.82. The molecule has 0 saturated heterocycles. The van der Waals surface area contributed by atoms with Crippen LogP contribution in [0.15, 0.2) is 46.2 Å². The van der Waals surface area contributed by atoms with E-state index in [1.54, 1.807) is 19.9 Å². The molecule has 0 aliphatic carbocycles. The Labute approximate surface area is 111 Å². The monoisotopic (exact) mass is 278 g/mol. The van der Waals surface area contributed by atoms with Gasteiger partial charge in [-0.25, -0.2) is 8.42 Å². The third-order valence-corrected chi connectivity index (χ3v) is 4.66. The Morgan fingerprint density at radius 3 is 2.16 bits per heavy atom. The average Bonchev–Trinajstić information content (AvgIpc) is 2.35. The van der Waals surface area contributed by atoms with Gasteiger partial charge in [-0.15, -0.1) is 0 Å². The highest BCUT2D eigenvalue weighted by atomic mass is 32.2. The van der Waals surface area contributed by atoms with Crippen LogP contribution in [0.2, 0.25) is 0 Å². The fraction of sp³-hybridized carbons (Fsp3) is 0.143. The second-order valence-electron chi connectivity index (χ2n) is 4.42. The zero-order chi connectivity index (χ0) is 14.2. The van der Waals surface area contributed by atoms with Crippen molar-refractivity contribution < 1.29 is 18.6 Å². The highest BCUT2D eigenvalue weighted by Crippen LogP contribution is 2.31. The Bertz CT molecular complexity index is 733. The fourth-order valence-corrected chi connectivity index (χ4v) is 3.28. The number of aromatic hydroxyl groups is 2. The van der Waals surface area contributed by atoms with Crippen LogP contribution < -0.4 is 0 Å². The SMILES string of the molecule is Cc1ccc(O)c(S(=O)(=O)c2ccc(O)c(C)c2)c1. The van der Waals surface area contributed by atoms with Crippen LogP contribution in [-0.2, 0) is 9.84 Å². The maximum absolute atomic E-state index is 12.4. The number of phenols is 2. The maximum Gasteiger partial charge on any atom is 0.210 e. The first kappa shape index (κ1) is 13.4. The Balaban J connectivity index is 2.65. The van der Waals surface area contributed by atoms with Crippen molar-refractivity contribution in [3.05, 3.63) is 47.5 Å². The molecule has 0 atom stereocenters. The van der Waals surface area contributed by atoms with Gasteiger partial charge in [-0.3, -0.25) is 0 Å². The predicted octanol–water partition coefficient (Wildman–Crippen LogP) is 2.55. The third-order valence-electron chi connectivity index (χ3n) is 2.88. The van der Waals surface area contributed by atoms with Crippen molar-refractivity contribution in [2.75, 3.05) is 0 Å². The van der Waals surface area contributed by atoms with Crippen molar-refractivity contribution in [3.8, 4) is 11.5 Å². The van der Waals surface area contributed by atoms with Crippen LogP contribution in [0, 0.1) is 13.8 Å². The van der Waals surface area contributed by atoms with Gasteiger partial charge in [-0.2, -0.15) is 0 Å². The number of benzene rings is 2. The fourth-order valence-electron chi connectivity index (χ4n) is 1.76. The van der Waals surface area contributed by atoms with Gasteiger partial charge in [-0.05, 0) is 55.3 Å². The molecule has 0 radical (unpaired) electrons. The van der Waals surface area contributed by atoms with Gasteiger partial charge < -0.3 is 10.2 Å². The molecule has 2 aromatic carbocycles. The van der Waals surface area contributed by atoms with Crippen LogP contribution >= 0.6 is 0 Å². The molecule has 0 fully saturated rings.